The molecule has 3 aromatic heterocycles. The highest BCUT2D eigenvalue weighted by molar-refractivity contribution is 7.15. The molecule has 0 N–H and O–H groups in total. The van der Waals surface area contributed by atoms with Gasteiger partial charge in [0.05, 0.1) is 9.75 Å². The molecule has 3 aromatic rings. The van der Waals surface area contributed by atoms with Gasteiger partial charge in [0.25, 0.3) is 0 Å². The summed E-state index contributed by atoms with van der Waals surface area (Å²) in [5.74, 6) is 1.92. The van der Waals surface area contributed by atoms with Crippen molar-refractivity contribution in [2.45, 2.75) is 13.8 Å². The molecule has 86 valence electrons. The molecular formula is C14H12OS2. The zero-order valence-electron chi connectivity index (χ0n) is 9.69. The molecule has 0 aromatic carbocycles. The minimum absolute atomic E-state index is 0.962. The van der Waals surface area contributed by atoms with Crippen LogP contribution in [0.25, 0.3) is 21.3 Å². The van der Waals surface area contributed by atoms with Crippen LogP contribution in [-0.2, 0) is 0 Å². The van der Waals surface area contributed by atoms with Gasteiger partial charge in [-0.3, -0.25) is 0 Å². The van der Waals surface area contributed by atoms with E-state index in [-0.39, 0.29) is 0 Å². The summed E-state index contributed by atoms with van der Waals surface area (Å²) >= 11 is 3.53. The van der Waals surface area contributed by atoms with Crippen molar-refractivity contribution in [2.24, 2.45) is 0 Å². The third kappa shape index (κ3) is 2.08. The summed E-state index contributed by atoms with van der Waals surface area (Å²) in [6.45, 7) is 4.22. The quantitative estimate of drug-likeness (QED) is 0.605. The molecule has 1 nitrogen and oxygen atoms in total. The average Bonchev–Trinajstić information content (AvgIpc) is 2.96. The second-order valence-electron chi connectivity index (χ2n) is 3.98. The summed E-state index contributed by atoms with van der Waals surface area (Å²) < 4.78 is 5.90. The van der Waals surface area contributed by atoms with E-state index >= 15 is 0 Å². The molecule has 0 unspecified atom stereocenters. The monoisotopic (exact) mass is 260 g/mol. The molecule has 0 aliphatic heterocycles. The summed E-state index contributed by atoms with van der Waals surface area (Å²) in [4.78, 5) is 5.01. The molecule has 0 saturated carbocycles. The molecule has 0 aliphatic carbocycles. The third-order valence-corrected chi connectivity index (χ3v) is 4.60. The Labute approximate surface area is 108 Å². The van der Waals surface area contributed by atoms with Gasteiger partial charge in [0.1, 0.15) is 11.5 Å². The van der Waals surface area contributed by atoms with Gasteiger partial charge < -0.3 is 4.42 Å². The zero-order chi connectivity index (χ0) is 11.8. The normalized spacial score (nSPS) is 10.9. The Hall–Kier alpha value is -1.32. The topological polar surface area (TPSA) is 13.1 Å². The maximum Gasteiger partial charge on any atom is 0.144 e. The molecule has 0 radical (unpaired) electrons. The van der Waals surface area contributed by atoms with Gasteiger partial charge >= 0.3 is 0 Å². The van der Waals surface area contributed by atoms with Gasteiger partial charge in [0, 0.05) is 9.75 Å². The summed E-state index contributed by atoms with van der Waals surface area (Å²) in [6.07, 6.45) is 0. The van der Waals surface area contributed by atoms with Crippen LogP contribution >= 0.6 is 22.7 Å². The first kappa shape index (κ1) is 10.8. The lowest BCUT2D eigenvalue weighted by molar-refractivity contribution is 0.600. The molecule has 0 aliphatic rings. The first-order valence-electron chi connectivity index (χ1n) is 5.46. The first-order valence-corrected chi connectivity index (χ1v) is 7.09. The van der Waals surface area contributed by atoms with Gasteiger partial charge in [0.2, 0.25) is 0 Å². The highest BCUT2D eigenvalue weighted by Gasteiger charge is 2.09. The number of hydrogen-bond donors (Lipinski definition) is 0. The second-order valence-corrected chi connectivity index (χ2v) is 6.56. The highest BCUT2D eigenvalue weighted by Crippen LogP contribution is 2.34. The molecule has 3 rings (SSSR count). The fourth-order valence-electron chi connectivity index (χ4n) is 1.74. The van der Waals surface area contributed by atoms with Crippen molar-refractivity contribution in [3.8, 4) is 21.3 Å². The van der Waals surface area contributed by atoms with Gasteiger partial charge in [-0.25, -0.2) is 0 Å². The maximum absolute atomic E-state index is 5.90. The number of rotatable bonds is 2. The van der Waals surface area contributed by atoms with Crippen molar-refractivity contribution in [3.63, 3.8) is 0 Å². The third-order valence-electron chi connectivity index (χ3n) is 2.57. The van der Waals surface area contributed by atoms with E-state index in [1.165, 1.54) is 19.5 Å². The number of aryl methyl sites for hydroxylation is 2. The van der Waals surface area contributed by atoms with Gasteiger partial charge in [-0.2, -0.15) is 0 Å². The van der Waals surface area contributed by atoms with E-state index in [4.69, 9.17) is 4.42 Å². The molecule has 0 spiro atoms. The lowest BCUT2D eigenvalue weighted by atomic mass is 10.3. The summed E-state index contributed by atoms with van der Waals surface area (Å²) in [6, 6.07) is 12.6. The van der Waals surface area contributed by atoms with E-state index in [1.807, 2.05) is 0 Å². The van der Waals surface area contributed by atoms with Crippen LogP contribution in [0.4, 0.5) is 0 Å². The van der Waals surface area contributed by atoms with Crippen LogP contribution in [0.2, 0.25) is 0 Å². The van der Waals surface area contributed by atoms with E-state index in [2.05, 4.69) is 50.2 Å². The molecule has 3 heterocycles. The minimum atomic E-state index is 0.962. The van der Waals surface area contributed by atoms with Gasteiger partial charge in [0.15, 0.2) is 0 Å². The smallest absolute Gasteiger partial charge is 0.144 e. The lowest BCUT2D eigenvalue weighted by Crippen LogP contribution is -1.63. The first-order chi connectivity index (χ1) is 8.22. The molecular weight excluding hydrogens is 248 g/mol. The Bertz CT molecular complexity index is 588. The predicted molar refractivity (Wildman–Crippen MR) is 74.8 cm³/mol. The molecule has 3 heteroatoms. The Kier molecular flexibility index (Phi) is 2.65. The van der Waals surface area contributed by atoms with Gasteiger partial charge in [-0.05, 0) is 50.2 Å². The maximum atomic E-state index is 5.90. The predicted octanol–water partition coefficient (Wildman–Crippen LogP) is 5.35. The van der Waals surface area contributed by atoms with Crippen LogP contribution in [-0.4, -0.2) is 0 Å². The Morgan fingerprint density at radius 1 is 0.706 bits per heavy atom. The van der Waals surface area contributed by atoms with E-state index in [1.54, 1.807) is 22.7 Å². The minimum Gasteiger partial charge on any atom is -0.454 e. The summed E-state index contributed by atoms with van der Waals surface area (Å²) in [5, 5.41) is 0. The van der Waals surface area contributed by atoms with Crippen molar-refractivity contribution in [1.29, 1.82) is 0 Å². The molecule has 0 amide bonds. The highest BCUT2D eigenvalue weighted by atomic mass is 32.1. The molecule has 0 saturated heterocycles. The van der Waals surface area contributed by atoms with Crippen molar-refractivity contribution in [3.05, 3.63) is 46.2 Å². The average molecular weight is 260 g/mol. The molecule has 0 bridgehead atoms. The van der Waals surface area contributed by atoms with Crippen molar-refractivity contribution in [2.75, 3.05) is 0 Å². The lowest BCUT2D eigenvalue weighted by Gasteiger charge is -1.91. The van der Waals surface area contributed by atoms with Gasteiger partial charge in [-0.1, -0.05) is 0 Å². The Balaban J connectivity index is 1.98. The van der Waals surface area contributed by atoms with Crippen LogP contribution in [0.15, 0.2) is 40.8 Å². The van der Waals surface area contributed by atoms with Crippen LogP contribution in [0, 0.1) is 13.8 Å². The van der Waals surface area contributed by atoms with E-state index in [0.717, 1.165) is 11.5 Å². The van der Waals surface area contributed by atoms with Crippen molar-refractivity contribution in [1.82, 2.24) is 0 Å². The molecule has 0 fully saturated rings. The molecule has 0 atom stereocenters. The van der Waals surface area contributed by atoms with Gasteiger partial charge in [-0.15, -0.1) is 22.7 Å². The van der Waals surface area contributed by atoms with E-state index < -0.39 is 0 Å². The van der Waals surface area contributed by atoms with Crippen molar-refractivity contribution < 1.29 is 4.42 Å². The Morgan fingerprint density at radius 2 is 1.18 bits per heavy atom. The molecule has 17 heavy (non-hydrogen) atoms. The van der Waals surface area contributed by atoms with Crippen molar-refractivity contribution >= 4 is 22.7 Å². The van der Waals surface area contributed by atoms with E-state index in [0.29, 0.717) is 0 Å². The largest absolute Gasteiger partial charge is 0.454 e. The summed E-state index contributed by atoms with van der Waals surface area (Å²) in [7, 11) is 0. The fourth-order valence-corrected chi connectivity index (χ4v) is 3.40. The Morgan fingerprint density at radius 3 is 1.53 bits per heavy atom. The van der Waals surface area contributed by atoms with Crippen LogP contribution < -0.4 is 0 Å². The van der Waals surface area contributed by atoms with E-state index in [9.17, 15) is 0 Å². The summed E-state index contributed by atoms with van der Waals surface area (Å²) in [5.41, 5.74) is 0. The SMILES string of the molecule is Cc1ccc(-c2ccc(-c3ccc(C)s3)o2)s1. The van der Waals surface area contributed by atoms with Crippen LogP contribution in [0.5, 0.6) is 0 Å². The van der Waals surface area contributed by atoms with Crippen LogP contribution in [0.3, 0.4) is 0 Å². The standard InChI is InChI=1S/C14H12OS2/c1-9-3-7-13(16-9)11-5-6-12(15-11)14-8-4-10(2)17-14/h3-8H,1-2H3. The zero-order valence-corrected chi connectivity index (χ0v) is 11.3. The number of furan rings is 1. The fraction of sp³-hybridized carbons (Fsp3) is 0.143. The second kappa shape index (κ2) is 4.17. The number of thiophene rings is 2. The van der Waals surface area contributed by atoms with Crippen LogP contribution in [0.1, 0.15) is 9.75 Å². The number of hydrogen-bond acceptors (Lipinski definition) is 3.